The first-order valence-corrected chi connectivity index (χ1v) is 5.07. The zero-order valence-corrected chi connectivity index (χ0v) is 9.82. The second kappa shape index (κ2) is 5.51. The Morgan fingerprint density at radius 3 is 2.44 bits per heavy atom. The van der Waals surface area contributed by atoms with E-state index in [0.717, 1.165) is 5.56 Å². The molecular formula is C12H17NO3. The zero-order chi connectivity index (χ0) is 12.1. The molecule has 0 aliphatic carbocycles. The van der Waals surface area contributed by atoms with Crippen LogP contribution in [0.4, 0.5) is 0 Å². The van der Waals surface area contributed by atoms with E-state index in [1.165, 1.54) is 0 Å². The fraction of sp³-hybridized carbons (Fsp3) is 0.417. The van der Waals surface area contributed by atoms with Gasteiger partial charge in [-0.2, -0.15) is 0 Å². The smallest absolute Gasteiger partial charge is 0.161 e. The van der Waals surface area contributed by atoms with Crippen molar-refractivity contribution in [1.82, 2.24) is 0 Å². The summed E-state index contributed by atoms with van der Waals surface area (Å²) in [6.45, 7) is 1.68. The number of hydrogen-bond donors (Lipinski definition) is 1. The topological polar surface area (TPSA) is 61.5 Å². The van der Waals surface area contributed by atoms with Crippen LogP contribution in [0.3, 0.4) is 0 Å². The minimum Gasteiger partial charge on any atom is -0.493 e. The van der Waals surface area contributed by atoms with Crippen LogP contribution in [-0.2, 0) is 11.2 Å². The molecule has 4 heteroatoms. The Morgan fingerprint density at radius 2 is 1.94 bits per heavy atom. The highest BCUT2D eigenvalue weighted by molar-refractivity contribution is 5.85. The minimum absolute atomic E-state index is 0.00669. The van der Waals surface area contributed by atoms with Crippen molar-refractivity contribution in [1.29, 1.82) is 0 Å². The minimum atomic E-state index is -0.437. The zero-order valence-electron chi connectivity index (χ0n) is 9.82. The first-order valence-electron chi connectivity index (χ1n) is 5.07. The Kier molecular flexibility index (Phi) is 4.31. The third kappa shape index (κ3) is 2.97. The summed E-state index contributed by atoms with van der Waals surface area (Å²) in [7, 11) is 3.14. The van der Waals surface area contributed by atoms with Gasteiger partial charge in [-0.1, -0.05) is 6.07 Å². The van der Waals surface area contributed by atoms with E-state index in [4.69, 9.17) is 15.2 Å². The Morgan fingerprint density at radius 1 is 1.31 bits per heavy atom. The molecule has 0 aliphatic heterocycles. The standard InChI is InChI=1S/C12H17NO3/c1-8(13)10(14)6-9-4-5-11(15-2)12(7-9)16-3/h4-5,7-8H,6,13H2,1-3H3. The van der Waals surface area contributed by atoms with Crippen molar-refractivity contribution < 1.29 is 14.3 Å². The molecule has 1 rings (SSSR count). The number of hydrogen-bond acceptors (Lipinski definition) is 4. The van der Waals surface area contributed by atoms with Gasteiger partial charge in [-0.3, -0.25) is 4.79 Å². The number of rotatable bonds is 5. The normalized spacial score (nSPS) is 12.0. The fourth-order valence-corrected chi connectivity index (χ4v) is 1.35. The molecule has 0 bridgehead atoms. The largest absolute Gasteiger partial charge is 0.493 e. The monoisotopic (exact) mass is 223 g/mol. The van der Waals surface area contributed by atoms with Crippen LogP contribution in [0, 0.1) is 0 Å². The molecule has 0 aromatic heterocycles. The molecule has 0 amide bonds. The molecule has 1 aromatic rings. The molecule has 0 spiro atoms. The molecule has 0 saturated heterocycles. The number of carbonyl (C=O) groups is 1. The van der Waals surface area contributed by atoms with Gasteiger partial charge in [-0.25, -0.2) is 0 Å². The molecule has 0 radical (unpaired) electrons. The average molecular weight is 223 g/mol. The molecule has 0 aliphatic rings. The van der Waals surface area contributed by atoms with Gasteiger partial charge in [0.15, 0.2) is 17.3 Å². The fourth-order valence-electron chi connectivity index (χ4n) is 1.35. The maximum absolute atomic E-state index is 11.5. The van der Waals surface area contributed by atoms with Crippen molar-refractivity contribution >= 4 is 5.78 Å². The van der Waals surface area contributed by atoms with Crippen molar-refractivity contribution in [3.05, 3.63) is 23.8 Å². The van der Waals surface area contributed by atoms with E-state index in [1.54, 1.807) is 33.3 Å². The van der Waals surface area contributed by atoms with Crippen LogP contribution < -0.4 is 15.2 Å². The van der Waals surface area contributed by atoms with Crippen molar-refractivity contribution in [2.24, 2.45) is 5.73 Å². The molecule has 0 saturated carbocycles. The van der Waals surface area contributed by atoms with E-state index in [-0.39, 0.29) is 5.78 Å². The summed E-state index contributed by atoms with van der Waals surface area (Å²) in [6.07, 6.45) is 0.317. The molecule has 88 valence electrons. The quantitative estimate of drug-likeness (QED) is 0.813. The highest BCUT2D eigenvalue weighted by atomic mass is 16.5. The summed E-state index contributed by atoms with van der Waals surface area (Å²) < 4.78 is 10.3. The number of carbonyl (C=O) groups excluding carboxylic acids is 1. The van der Waals surface area contributed by atoms with E-state index in [2.05, 4.69) is 0 Å². The Hall–Kier alpha value is -1.55. The molecule has 16 heavy (non-hydrogen) atoms. The Balaban J connectivity index is 2.87. The van der Waals surface area contributed by atoms with Crippen LogP contribution in [0.25, 0.3) is 0 Å². The van der Waals surface area contributed by atoms with Gasteiger partial charge < -0.3 is 15.2 Å². The second-order valence-electron chi connectivity index (χ2n) is 3.62. The SMILES string of the molecule is COc1ccc(CC(=O)C(C)N)cc1OC. The van der Waals surface area contributed by atoms with Gasteiger partial charge in [-0.15, -0.1) is 0 Å². The van der Waals surface area contributed by atoms with Gasteiger partial charge in [0.2, 0.25) is 0 Å². The van der Waals surface area contributed by atoms with Crippen LogP contribution in [0.1, 0.15) is 12.5 Å². The summed E-state index contributed by atoms with van der Waals surface area (Å²) in [5.74, 6) is 1.28. The molecule has 2 N–H and O–H groups in total. The van der Waals surface area contributed by atoms with Crippen LogP contribution in [0.15, 0.2) is 18.2 Å². The number of Topliss-reactive ketones (excluding diaryl/α,β-unsaturated/α-hetero) is 1. The van der Waals surface area contributed by atoms with E-state index in [1.807, 2.05) is 6.07 Å². The number of benzene rings is 1. The Bertz CT molecular complexity index is 375. The maximum atomic E-state index is 11.5. The highest BCUT2D eigenvalue weighted by Gasteiger charge is 2.11. The lowest BCUT2D eigenvalue weighted by atomic mass is 10.0. The van der Waals surface area contributed by atoms with Crippen LogP contribution in [0.2, 0.25) is 0 Å². The average Bonchev–Trinajstić information content (AvgIpc) is 2.28. The number of ether oxygens (including phenoxy) is 2. The van der Waals surface area contributed by atoms with Crippen LogP contribution in [-0.4, -0.2) is 26.0 Å². The summed E-state index contributed by atoms with van der Waals surface area (Å²) in [5.41, 5.74) is 6.38. The van der Waals surface area contributed by atoms with E-state index in [0.29, 0.717) is 17.9 Å². The molecule has 1 aromatic carbocycles. The lowest BCUT2D eigenvalue weighted by molar-refractivity contribution is -0.119. The number of nitrogens with two attached hydrogens (primary N) is 1. The van der Waals surface area contributed by atoms with Crippen molar-refractivity contribution in [3.8, 4) is 11.5 Å². The first-order chi connectivity index (χ1) is 7.58. The predicted octanol–water partition coefficient (Wildman–Crippen LogP) is 1.16. The molecule has 4 nitrogen and oxygen atoms in total. The van der Waals surface area contributed by atoms with Gasteiger partial charge in [0.05, 0.1) is 20.3 Å². The van der Waals surface area contributed by atoms with Crippen molar-refractivity contribution in [2.45, 2.75) is 19.4 Å². The van der Waals surface area contributed by atoms with Gasteiger partial charge in [0, 0.05) is 6.42 Å². The van der Waals surface area contributed by atoms with Gasteiger partial charge in [-0.05, 0) is 24.6 Å². The van der Waals surface area contributed by atoms with E-state index >= 15 is 0 Å². The molecule has 1 unspecified atom stereocenters. The lowest BCUT2D eigenvalue weighted by Crippen LogP contribution is -2.28. The third-order valence-electron chi connectivity index (χ3n) is 2.33. The van der Waals surface area contributed by atoms with Gasteiger partial charge in [0.25, 0.3) is 0 Å². The number of methoxy groups -OCH3 is 2. The summed E-state index contributed by atoms with van der Waals surface area (Å²) >= 11 is 0. The van der Waals surface area contributed by atoms with Gasteiger partial charge >= 0.3 is 0 Å². The van der Waals surface area contributed by atoms with Gasteiger partial charge in [0.1, 0.15) is 0 Å². The van der Waals surface area contributed by atoms with Crippen LogP contribution >= 0.6 is 0 Å². The highest BCUT2D eigenvalue weighted by Crippen LogP contribution is 2.27. The predicted molar refractivity (Wildman–Crippen MR) is 61.9 cm³/mol. The maximum Gasteiger partial charge on any atom is 0.161 e. The van der Waals surface area contributed by atoms with E-state index < -0.39 is 6.04 Å². The molecular weight excluding hydrogens is 206 g/mol. The molecule has 0 fully saturated rings. The number of ketones is 1. The van der Waals surface area contributed by atoms with Crippen LogP contribution in [0.5, 0.6) is 11.5 Å². The second-order valence-corrected chi connectivity index (χ2v) is 3.62. The molecule has 1 atom stereocenters. The summed E-state index contributed by atoms with van der Waals surface area (Å²) in [6, 6.07) is 4.97. The third-order valence-corrected chi connectivity index (χ3v) is 2.33. The first kappa shape index (κ1) is 12.5. The van der Waals surface area contributed by atoms with Crippen molar-refractivity contribution in [2.75, 3.05) is 14.2 Å². The molecule has 0 heterocycles. The summed E-state index contributed by atoms with van der Waals surface area (Å²) in [5, 5.41) is 0. The van der Waals surface area contributed by atoms with Crippen molar-refractivity contribution in [3.63, 3.8) is 0 Å². The lowest BCUT2D eigenvalue weighted by Gasteiger charge is -2.10. The van der Waals surface area contributed by atoms with E-state index in [9.17, 15) is 4.79 Å². The Labute approximate surface area is 95.3 Å². The summed E-state index contributed by atoms with van der Waals surface area (Å²) in [4.78, 5) is 11.5.